The molecular weight excluding hydrogens is 768 g/mol. The van der Waals surface area contributed by atoms with Crippen LogP contribution in [0.4, 0.5) is 37.8 Å². The number of alkyl halides is 6. The lowest BCUT2D eigenvalue weighted by Crippen LogP contribution is -2.36. The second kappa shape index (κ2) is 21.5. The van der Waals surface area contributed by atoms with Gasteiger partial charge in [0.1, 0.15) is 5.82 Å². The molecule has 1 aromatic heterocycles. The number of likely N-dealkylation sites (tertiary alicyclic amines) is 2. The SMILES string of the molecule is O=C(O)C(F)(F)F.O=C1CCCCN1c1ccccc1CCN1CCC(C2CCCOC2)C1.O=C1CCCCN1c1ncccc1CCN1CC[C@@H](CC(F)(F)F)C1. The van der Waals surface area contributed by atoms with E-state index < -0.39 is 24.7 Å². The Morgan fingerprint density at radius 3 is 2.00 bits per heavy atom. The first kappa shape index (κ1) is 45.3. The number of carboxylic acids is 1. The van der Waals surface area contributed by atoms with Gasteiger partial charge in [-0.1, -0.05) is 24.3 Å². The standard InChI is InChI=1S/C22H32N2O2.C18H24F3N3O.C2HF3O2/c25-22-9-3-4-12-24(22)21-8-2-1-6-18(21)10-13-23-14-11-19(16-23)20-7-5-15-26-17-20;19-18(20,21)12-14-6-10-23(13-14)11-7-15-4-3-8-22-17(15)24-9-2-1-5-16(24)25;3-2(4,5)1(6)7/h1-2,6,8,19-20H,3-5,7,9-17H2;3-4,8,14H,1-2,5-7,9-13H2;(H,6,7)/t;14-;/m.0./s1. The van der Waals surface area contributed by atoms with Crippen molar-refractivity contribution in [3.05, 3.63) is 53.7 Å². The fourth-order valence-corrected chi connectivity index (χ4v) is 8.70. The Morgan fingerprint density at radius 1 is 0.741 bits per heavy atom. The van der Waals surface area contributed by atoms with Crippen LogP contribution in [0.3, 0.4) is 0 Å². The molecule has 10 nitrogen and oxygen atoms in total. The predicted molar refractivity (Wildman–Crippen MR) is 207 cm³/mol. The molecule has 2 unspecified atom stereocenters. The smallest absolute Gasteiger partial charge is 0.475 e. The van der Waals surface area contributed by atoms with Crippen LogP contribution in [0, 0.1) is 17.8 Å². The number of rotatable bonds is 10. The van der Waals surface area contributed by atoms with Crippen molar-refractivity contribution >= 4 is 29.3 Å². The number of carboxylic acid groups (broad SMARTS) is 1. The van der Waals surface area contributed by atoms with Gasteiger partial charge in [-0.25, -0.2) is 9.78 Å². The number of carbonyl (C=O) groups is 3. The minimum absolute atomic E-state index is 0.109. The summed E-state index contributed by atoms with van der Waals surface area (Å²) in [6.07, 6.45) is 3.40. The van der Waals surface area contributed by atoms with Gasteiger partial charge in [0.2, 0.25) is 11.8 Å². The van der Waals surface area contributed by atoms with Crippen molar-refractivity contribution in [2.45, 2.75) is 95.8 Å². The van der Waals surface area contributed by atoms with Crippen molar-refractivity contribution in [2.75, 3.05) is 75.4 Å². The van der Waals surface area contributed by atoms with E-state index >= 15 is 0 Å². The van der Waals surface area contributed by atoms with Gasteiger partial charge in [0.05, 0.1) is 0 Å². The van der Waals surface area contributed by atoms with Crippen LogP contribution in [0.2, 0.25) is 0 Å². The summed E-state index contributed by atoms with van der Waals surface area (Å²) in [5.41, 5.74) is 3.47. The van der Waals surface area contributed by atoms with Crippen LogP contribution < -0.4 is 9.80 Å². The lowest BCUT2D eigenvalue weighted by Gasteiger charge is -2.29. The maximum absolute atomic E-state index is 12.5. The van der Waals surface area contributed by atoms with E-state index in [1.165, 1.54) is 37.9 Å². The van der Waals surface area contributed by atoms with Crippen molar-refractivity contribution in [3.8, 4) is 0 Å². The minimum atomic E-state index is -5.08. The summed E-state index contributed by atoms with van der Waals surface area (Å²) in [5.74, 6) is -0.344. The lowest BCUT2D eigenvalue weighted by atomic mass is 9.87. The number of aliphatic carboxylic acids is 1. The maximum Gasteiger partial charge on any atom is 0.490 e. The molecule has 58 heavy (non-hydrogen) atoms. The number of piperidine rings is 2. The Hall–Kier alpha value is -3.76. The Kier molecular flexibility index (Phi) is 16.8. The highest BCUT2D eigenvalue weighted by Crippen LogP contribution is 2.33. The van der Waals surface area contributed by atoms with Crippen LogP contribution in [0.1, 0.15) is 81.8 Å². The molecule has 7 rings (SSSR count). The van der Waals surface area contributed by atoms with Gasteiger partial charge in [-0.05, 0) is 118 Å². The highest BCUT2D eigenvalue weighted by atomic mass is 19.4. The maximum atomic E-state index is 12.5. The largest absolute Gasteiger partial charge is 0.490 e. The first-order valence-corrected chi connectivity index (χ1v) is 20.7. The molecule has 0 spiro atoms. The minimum Gasteiger partial charge on any atom is -0.475 e. The molecule has 0 saturated carbocycles. The molecule has 5 aliphatic heterocycles. The number of halogens is 6. The summed E-state index contributed by atoms with van der Waals surface area (Å²) in [5, 5.41) is 7.12. The van der Waals surface area contributed by atoms with Crippen molar-refractivity contribution in [1.82, 2.24) is 14.8 Å². The fourth-order valence-electron chi connectivity index (χ4n) is 8.70. The van der Waals surface area contributed by atoms with E-state index in [-0.39, 0.29) is 11.8 Å². The number of nitrogens with zero attached hydrogens (tertiary/aromatic N) is 5. The second-order valence-electron chi connectivity index (χ2n) is 16.0. The topological polar surface area (TPSA) is 107 Å². The van der Waals surface area contributed by atoms with Crippen LogP contribution in [0.15, 0.2) is 42.6 Å². The van der Waals surface area contributed by atoms with Gasteiger partial charge in [-0.2, -0.15) is 26.3 Å². The van der Waals surface area contributed by atoms with E-state index in [4.69, 9.17) is 14.6 Å². The molecule has 3 atom stereocenters. The first-order valence-electron chi connectivity index (χ1n) is 20.7. The van der Waals surface area contributed by atoms with Gasteiger partial charge in [0, 0.05) is 83.6 Å². The predicted octanol–water partition coefficient (Wildman–Crippen LogP) is 7.54. The third kappa shape index (κ3) is 13.9. The molecule has 0 bridgehead atoms. The van der Waals surface area contributed by atoms with E-state index in [1.54, 1.807) is 11.1 Å². The summed E-state index contributed by atoms with van der Waals surface area (Å²) in [6, 6.07) is 12.3. The molecule has 0 radical (unpaired) electrons. The van der Waals surface area contributed by atoms with Crippen LogP contribution in [0.25, 0.3) is 0 Å². The highest BCUT2D eigenvalue weighted by Gasteiger charge is 2.38. The molecule has 16 heteroatoms. The molecule has 1 aromatic carbocycles. The molecule has 5 fully saturated rings. The van der Waals surface area contributed by atoms with Gasteiger partial charge >= 0.3 is 18.3 Å². The van der Waals surface area contributed by atoms with Crippen molar-refractivity contribution in [3.63, 3.8) is 0 Å². The third-order valence-electron chi connectivity index (χ3n) is 11.8. The van der Waals surface area contributed by atoms with E-state index in [0.717, 1.165) is 87.3 Å². The van der Waals surface area contributed by atoms with Crippen molar-refractivity contribution < 1.29 is 50.6 Å². The Labute approximate surface area is 336 Å². The average molecular weight is 826 g/mol. The molecular formula is C42H57F6N5O5. The van der Waals surface area contributed by atoms with E-state index in [9.17, 15) is 35.9 Å². The number of carbonyl (C=O) groups excluding carboxylic acids is 2. The number of para-hydroxylation sites is 1. The number of amides is 2. The van der Waals surface area contributed by atoms with Gasteiger partial charge in [-0.3, -0.25) is 14.5 Å². The van der Waals surface area contributed by atoms with Gasteiger partial charge in [-0.15, -0.1) is 0 Å². The van der Waals surface area contributed by atoms with Crippen LogP contribution in [0.5, 0.6) is 0 Å². The monoisotopic (exact) mass is 825 g/mol. The van der Waals surface area contributed by atoms with Gasteiger partial charge in [0.25, 0.3) is 0 Å². The van der Waals surface area contributed by atoms with Crippen molar-refractivity contribution in [1.29, 1.82) is 0 Å². The Morgan fingerprint density at radius 2 is 1.36 bits per heavy atom. The number of hydrogen-bond donors (Lipinski definition) is 1. The number of hydrogen-bond acceptors (Lipinski definition) is 7. The number of ether oxygens (including phenoxy) is 1. The third-order valence-corrected chi connectivity index (χ3v) is 11.8. The van der Waals surface area contributed by atoms with E-state index in [1.807, 2.05) is 17.0 Å². The highest BCUT2D eigenvalue weighted by molar-refractivity contribution is 5.95. The summed E-state index contributed by atoms with van der Waals surface area (Å²) < 4.78 is 75.0. The molecule has 5 aliphatic rings. The van der Waals surface area contributed by atoms with Crippen LogP contribution >= 0.6 is 0 Å². The molecule has 6 heterocycles. The zero-order chi connectivity index (χ0) is 41.7. The molecule has 1 N–H and O–H groups in total. The number of anilines is 2. The zero-order valence-electron chi connectivity index (χ0n) is 33.1. The number of pyridine rings is 1. The molecule has 2 amide bonds. The number of aromatic nitrogens is 1. The number of benzene rings is 1. The van der Waals surface area contributed by atoms with Crippen LogP contribution in [-0.4, -0.2) is 116 Å². The normalized spacial score (nSPS) is 23.6. The zero-order valence-corrected chi connectivity index (χ0v) is 33.1. The average Bonchev–Trinajstić information content (AvgIpc) is 3.86. The Bertz CT molecular complexity index is 1640. The quantitative estimate of drug-likeness (QED) is 0.245. The summed E-state index contributed by atoms with van der Waals surface area (Å²) >= 11 is 0. The molecule has 2 aromatic rings. The Balaban J connectivity index is 0.000000190. The van der Waals surface area contributed by atoms with Crippen LogP contribution in [-0.2, 0) is 32.0 Å². The first-order chi connectivity index (χ1) is 27.7. The van der Waals surface area contributed by atoms with Gasteiger partial charge < -0.3 is 24.5 Å². The van der Waals surface area contributed by atoms with E-state index in [2.05, 4.69) is 39.0 Å². The van der Waals surface area contributed by atoms with Gasteiger partial charge in [0.15, 0.2) is 0 Å². The molecule has 5 saturated heterocycles. The molecule has 322 valence electrons. The van der Waals surface area contributed by atoms with E-state index in [0.29, 0.717) is 57.8 Å². The summed E-state index contributed by atoms with van der Waals surface area (Å²) in [6.45, 7) is 8.95. The second-order valence-corrected chi connectivity index (χ2v) is 16.0. The molecule has 0 aliphatic carbocycles. The fraction of sp³-hybridized carbons (Fsp3) is 0.667. The summed E-state index contributed by atoms with van der Waals surface area (Å²) in [4.78, 5) is 46.3. The van der Waals surface area contributed by atoms with Crippen molar-refractivity contribution in [2.24, 2.45) is 17.8 Å². The lowest BCUT2D eigenvalue weighted by molar-refractivity contribution is -0.192. The summed E-state index contributed by atoms with van der Waals surface area (Å²) in [7, 11) is 0.